The second-order valence-electron chi connectivity index (χ2n) is 7.54. The number of amides is 2. The van der Waals surface area contributed by atoms with Crippen LogP contribution in [0.1, 0.15) is 16.8 Å². The van der Waals surface area contributed by atoms with Crippen LogP contribution in [-0.4, -0.2) is 59.5 Å². The number of fused-ring (bicyclic) bond motifs is 1. The number of carbonyl (C=O) groups is 2. The van der Waals surface area contributed by atoms with Gasteiger partial charge >= 0.3 is 0 Å². The Balaban J connectivity index is 1.29. The Morgan fingerprint density at radius 1 is 1.03 bits per heavy atom. The molecule has 0 unspecified atom stereocenters. The molecule has 2 aromatic rings. The van der Waals surface area contributed by atoms with E-state index in [0.29, 0.717) is 22.7 Å². The van der Waals surface area contributed by atoms with Crippen LogP contribution in [-0.2, 0) is 24.7 Å². The minimum atomic E-state index is -3.90. The Kier molecular flexibility index (Phi) is 6.28. The fourth-order valence-corrected chi connectivity index (χ4v) is 6.45. The highest BCUT2D eigenvalue weighted by molar-refractivity contribution is 7.92. The summed E-state index contributed by atoms with van der Waals surface area (Å²) in [4.78, 5) is 24.3. The molecule has 0 aliphatic carbocycles. The summed E-state index contributed by atoms with van der Waals surface area (Å²) in [5.41, 5.74) is 0.642. The van der Waals surface area contributed by atoms with Gasteiger partial charge in [0.25, 0.3) is 5.91 Å². The average Bonchev–Trinajstić information content (AvgIpc) is 3.37. The van der Waals surface area contributed by atoms with Gasteiger partial charge in [0.05, 0.1) is 22.9 Å². The quantitative estimate of drug-likeness (QED) is 0.493. The monoisotopic (exact) mass is 495 g/mol. The standard InChI is InChI=1S/C20H21N3O8S2/c24-19(10-21-20(25)13-1-6-17-18(9-13)31-12-30-17)22-14-2-4-16(5-3-14)33(28,29)23-15-7-8-32(26,27)11-15/h1-6,9,15,23H,7-8,10-12H2,(H,21,25)(H,22,24)/t15-/m1/s1. The van der Waals surface area contributed by atoms with Crippen molar-refractivity contribution in [3.8, 4) is 11.5 Å². The maximum atomic E-state index is 12.5. The summed E-state index contributed by atoms with van der Waals surface area (Å²) in [7, 11) is -7.12. The number of carbonyl (C=O) groups excluding carboxylic acids is 2. The number of hydrogen-bond acceptors (Lipinski definition) is 8. The topological polar surface area (TPSA) is 157 Å². The molecule has 11 nitrogen and oxygen atoms in total. The molecule has 0 saturated carbocycles. The minimum Gasteiger partial charge on any atom is -0.454 e. The van der Waals surface area contributed by atoms with Crippen molar-refractivity contribution < 1.29 is 35.9 Å². The first kappa shape index (κ1) is 23.0. The largest absolute Gasteiger partial charge is 0.454 e. The fraction of sp³-hybridized carbons (Fsp3) is 0.300. The van der Waals surface area contributed by atoms with Gasteiger partial charge < -0.3 is 20.1 Å². The highest BCUT2D eigenvalue weighted by Crippen LogP contribution is 2.32. The molecular formula is C20H21N3O8S2. The summed E-state index contributed by atoms with van der Waals surface area (Å²) >= 11 is 0. The van der Waals surface area contributed by atoms with Crippen molar-refractivity contribution in [2.24, 2.45) is 0 Å². The van der Waals surface area contributed by atoms with Crippen LogP contribution in [0.5, 0.6) is 11.5 Å². The smallest absolute Gasteiger partial charge is 0.251 e. The number of rotatable bonds is 7. The normalized spacial score (nSPS) is 18.6. The Hall–Kier alpha value is -3.16. The van der Waals surface area contributed by atoms with Crippen LogP contribution in [0, 0.1) is 0 Å². The molecule has 2 aliphatic rings. The molecule has 2 aromatic carbocycles. The first-order valence-electron chi connectivity index (χ1n) is 9.92. The minimum absolute atomic E-state index is 0.0453. The summed E-state index contributed by atoms with van der Waals surface area (Å²) in [6.45, 7) is -0.216. The van der Waals surface area contributed by atoms with E-state index < -0.39 is 37.7 Å². The Morgan fingerprint density at radius 2 is 1.76 bits per heavy atom. The van der Waals surface area contributed by atoms with Crippen molar-refractivity contribution in [2.45, 2.75) is 17.4 Å². The van der Waals surface area contributed by atoms with Crippen molar-refractivity contribution in [1.82, 2.24) is 10.0 Å². The molecule has 2 aliphatic heterocycles. The Bertz CT molecular complexity index is 1290. The second kappa shape index (κ2) is 9.00. The molecule has 0 bridgehead atoms. The predicted molar refractivity (Wildman–Crippen MR) is 117 cm³/mol. The number of sulfone groups is 1. The molecule has 4 rings (SSSR count). The van der Waals surface area contributed by atoms with Crippen molar-refractivity contribution in [3.05, 3.63) is 48.0 Å². The summed E-state index contributed by atoms with van der Waals surface area (Å²) < 4.78 is 60.8. The SMILES string of the molecule is O=C(CNC(=O)c1ccc2c(c1)OCO2)Nc1ccc(S(=O)(=O)N[C@@H]2CCS(=O)(=O)C2)cc1. The van der Waals surface area contributed by atoms with Gasteiger partial charge in [-0.05, 0) is 48.9 Å². The molecule has 2 amide bonds. The lowest BCUT2D eigenvalue weighted by Crippen LogP contribution is -2.35. The molecule has 0 radical (unpaired) electrons. The third-order valence-corrected chi connectivity index (χ3v) is 8.35. The van der Waals surface area contributed by atoms with Crippen LogP contribution in [0.25, 0.3) is 0 Å². The number of nitrogens with one attached hydrogen (secondary N) is 3. The number of sulfonamides is 1. The van der Waals surface area contributed by atoms with Gasteiger partial charge in [-0.15, -0.1) is 0 Å². The van der Waals surface area contributed by atoms with Gasteiger partial charge in [0, 0.05) is 17.3 Å². The summed E-state index contributed by atoms with van der Waals surface area (Å²) in [6.07, 6.45) is 0.230. The van der Waals surface area contributed by atoms with Gasteiger partial charge in [0.15, 0.2) is 21.3 Å². The maximum Gasteiger partial charge on any atom is 0.251 e. The van der Waals surface area contributed by atoms with Crippen LogP contribution in [0.3, 0.4) is 0 Å². The molecule has 1 fully saturated rings. The molecule has 3 N–H and O–H groups in total. The second-order valence-corrected chi connectivity index (χ2v) is 11.5. The maximum absolute atomic E-state index is 12.5. The van der Waals surface area contributed by atoms with Gasteiger partial charge in [0.1, 0.15) is 0 Å². The van der Waals surface area contributed by atoms with Crippen molar-refractivity contribution in [3.63, 3.8) is 0 Å². The highest BCUT2D eigenvalue weighted by atomic mass is 32.2. The molecule has 13 heteroatoms. The van der Waals surface area contributed by atoms with Crippen molar-refractivity contribution >= 4 is 37.4 Å². The molecule has 176 valence electrons. The van der Waals surface area contributed by atoms with Gasteiger partial charge in [-0.1, -0.05) is 0 Å². The summed E-state index contributed by atoms with van der Waals surface area (Å²) in [5, 5.41) is 5.05. The van der Waals surface area contributed by atoms with E-state index in [1.54, 1.807) is 12.1 Å². The molecule has 2 heterocycles. The zero-order chi connectivity index (χ0) is 23.6. The molecule has 0 spiro atoms. The van der Waals surface area contributed by atoms with Crippen LogP contribution >= 0.6 is 0 Å². The van der Waals surface area contributed by atoms with E-state index in [0.717, 1.165) is 0 Å². The lowest BCUT2D eigenvalue weighted by atomic mass is 10.2. The molecule has 33 heavy (non-hydrogen) atoms. The van der Waals surface area contributed by atoms with Gasteiger partial charge in [-0.25, -0.2) is 21.6 Å². The van der Waals surface area contributed by atoms with E-state index in [4.69, 9.17) is 9.47 Å². The van der Waals surface area contributed by atoms with Gasteiger partial charge in [0.2, 0.25) is 22.7 Å². The van der Waals surface area contributed by atoms with E-state index in [1.807, 2.05) is 0 Å². The van der Waals surface area contributed by atoms with Crippen LogP contribution in [0.2, 0.25) is 0 Å². The zero-order valence-electron chi connectivity index (χ0n) is 17.2. The third-order valence-electron chi connectivity index (χ3n) is 5.05. The van der Waals surface area contributed by atoms with Crippen molar-refractivity contribution in [1.29, 1.82) is 0 Å². The number of ether oxygens (including phenoxy) is 2. The van der Waals surface area contributed by atoms with Gasteiger partial charge in [-0.2, -0.15) is 0 Å². The number of benzene rings is 2. The summed E-state index contributed by atoms with van der Waals surface area (Å²) in [5.74, 6) is -0.252. The Labute approximate surface area is 190 Å². The van der Waals surface area contributed by atoms with Gasteiger partial charge in [-0.3, -0.25) is 9.59 Å². The van der Waals surface area contributed by atoms with E-state index in [1.165, 1.54) is 30.3 Å². The molecule has 0 aromatic heterocycles. The molecular weight excluding hydrogens is 474 g/mol. The number of hydrogen-bond donors (Lipinski definition) is 3. The van der Waals surface area contributed by atoms with E-state index in [-0.39, 0.29) is 36.2 Å². The summed E-state index contributed by atoms with van der Waals surface area (Å²) in [6, 6.07) is 9.41. The van der Waals surface area contributed by atoms with Crippen molar-refractivity contribution in [2.75, 3.05) is 30.2 Å². The third kappa shape index (κ3) is 5.61. The fourth-order valence-electron chi connectivity index (χ4n) is 3.40. The first-order chi connectivity index (χ1) is 15.6. The molecule has 1 saturated heterocycles. The van der Waals surface area contributed by atoms with Crippen LogP contribution in [0.4, 0.5) is 5.69 Å². The van der Waals surface area contributed by atoms with E-state index >= 15 is 0 Å². The molecule has 1 atom stereocenters. The predicted octanol–water partition coefficient (Wildman–Crippen LogP) is 0.249. The Morgan fingerprint density at radius 3 is 2.45 bits per heavy atom. The van der Waals surface area contributed by atoms with Crippen LogP contribution < -0.4 is 24.8 Å². The van der Waals surface area contributed by atoms with E-state index in [2.05, 4.69) is 15.4 Å². The average molecular weight is 496 g/mol. The zero-order valence-corrected chi connectivity index (χ0v) is 18.9. The van der Waals surface area contributed by atoms with Crippen LogP contribution in [0.15, 0.2) is 47.4 Å². The number of anilines is 1. The highest BCUT2D eigenvalue weighted by Gasteiger charge is 2.31. The lowest BCUT2D eigenvalue weighted by molar-refractivity contribution is -0.115. The lowest BCUT2D eigenvalue weighted by Gasteiger charge is -2.12. The first-order valence-corrected chi connectivity index (χ1v) is 13.2. The van der Waals surface area contributed by atoms with E-state index in [9.17, 15) is 26.4 Å².